The number of phosphoric ester groups is 2. The van der Waals surface area contributed by atoms with Crippen LogP contribution in [0.15, 0.2) is 0 Å². The molecule has 0 aliphatic carbocycles. The number of esters is 2. The van der Waals surface area contributed by atoms with E-state index in [4.69, 9.17) is 37.0 Å². The number of phosphoric acid groups is 2. The lowest BCUT2D eigenvalue weighted by Gasteiger charge is -2.22. The van der Waals surface area contributed by atoms with Gasteiger partial charge in [-0.15, -0.1) is 0 Å². The van der Waals surface area contributed by atoms with Gasteiger partial charge in [0.15, 0.2) is 0 Å². The maximum Gasteiger partial charge on any atom is 0.472 e. The molecule has 0 bridgehead atoms. The predicted molar refractivity (Wildman–Crippen MR) is 456 cm³/mol. The number of carbonyl (C=O) groups is 8. The predicted octanol–water partition coefficient (Wildman–Crippen LogP) is 21.0. The van der Waals surface area contributed by atoms with Crippen molar-refractivity contribution in [3.05, 3.63) is 0 Å². The fourth-order valence-electron chi connectivity index (χ4n) is 13.5. The Morgan fingerprint density at radius 2 is 0.535 bits per heavy atom. The molecule has 0 aromatic rings. The molecule has 24 nitrogen and oxygen atoms in total. The molecule has 0 radical (unpaired) electrons. The maximum absolute atomic E-state index is 13.3. The fraction of sp³-hybridized carbons (Fsp3) is 0.909. The van der Waals surface area contributed by atoms with Crippen molar-refractivity contribution in [1.82, 2.24) is 21.3 Å². The summed E-state index contributed by atoms with van der Waals surface area (Å²) in [7, 11) is -9.48. The van der Waals surface area contributed by atoms with E-state index in [0.717, 1.165) is 141 Å². The van der Waals surface area contributed by atoms with Crippen LogP contribution >= 0.6 is 15.6 Å². The van der Waals surface area contributed by atoms with Crippen molar-refractivity contribution in [3.8, 4) is 0 Å². The van der Waals surface area contributed by atoms with Gasteiger partial charge in [-0.3, -0.25) is 56.5 Å². The topological polar surface area (TPSA) is 333 Å². The largest absolute Gasteiger partial charge is 0.472 e. The van der Waals surface area contributed by atoms with Crippen LogP contribution < -0.4 is 21.3 Å². The van der Waals surface area contributed by atoms with Gasteiger partial charge in [-0.05, 0) is 64.2 Å². The second-order valence-corrected chi connectivity index (χ2v) is 34.6. The Hall–Kier alpha value is -3.70. The number of ketones is 2. The lowest BCUT2D eigenvalue weighted by molar-refractivity contribution is -0.151. The number of hydrogen-bond donors (Lipinski definition) is 6. The zero-order chi connectivity index (χ0) is 83.9. The molecule has 0 spiro atoms. The van der Waals surface area contributed by atoms with Gasteiger partial charge in [0.2, 0.25) is 23.6 Å². The average Bonchev–Trinajstić information content (AvgIpc) is 0.912. The summed E-state index contributed by atoms with van der Waals surface area (Å²) < 4.78 is 71.2. The van der Waals surface area contributed by atoms with E-state index in [1.165, 1.54) is 141 Å². The SMILES string of the molecule is CCCCCCCCCCCC(=O)CC(=O)NC(COCC[C@@H](CCCCCCC)OC(=O)CCCCCCCCCCC)COP(=O)(O)OCCNC(=O)CCCCC(=O)NCCOP(=O)(O)OCC(COCC[C@@H](CCCCCCC)OC(=O)CCCCCCCCCCC)NC(=O)CC(=O)CCCCCCCCCCC. The van der Waals surface area contributed by atoms with Crippen LogP contribution in [0.25, 0.3) is 0 Å². The number of rotatable bonds is 89. The van der Waals surface area contributed by atoms with Gasteiger partial charge >= 0.3 is 27.6 Å². The molecule has 0 saturated heterocycles. The first-order valence-electron chi connectivity index (χ1n) is 46.1. The molecule has 0 heterocycles. The molecule has 0 aliphatic rings. The third-order valence-corrected chi connectivity index (χ3v) is 22.5. The van der Waals surface area contributed by atoms with Crippen LogP contribution in [0.3, 0.4) is 0 Å². The Bertz CT molecular complexity index is 2290. The van der Waals surface area contributed by atoms with Gasteiger partial charge < -0.3 is 50.0 Å². The van der Waals surface area contributed by atoms with E-state index in [9.17, 15) is 57.3 Å². The van der Waals surface area contributed by atoms with Crippen molar-refractivity contribution < 1.29 is 94.3 Å². The Labute approximate surface area is 692 Å². The first kappa shape index (κ1) is 110. The molecule has 6 N–H and O–H groups in total. The van der Waals surface area contributed by atoms with Crippen LogP contribution in [0, 0.1) is 0 Å². The van der Waals surface area contributed by atoms with Crippen LogP contribution in [0.2, 0.25) is 0 Å². The minimum absolute atomic E-state index is 0.0239. The molecule has 0 aromatic heterocycles. The van der Waals surface area contributed by atoms with Crippen molar-refractivity contribution in [2.24, 2.45) is 0 Å². The number of ether oxygens (including phenoxy) is 4. The molecule has 114 heavy (non-hydrogen) atoms. The molecule has 670 valence electrons. The van der Waals surface area contributed by atoms with Gasteiger partial charge in [0.1, 0.15) is 23.8 Å². The second-order valence-electron chi connectivity index (χ2n) is 31.7. The van der Waals surface area contributed by atoms with Crippen molar-refractivity contribution >= 4 is 62.8 Å². The number of amides is 4. The van der Waals surface area contributed by atoms with E-state index >= 15 is 0 Å². The minimum Gasteiger partial charge on any atom is -0.462 e. The Morgan fingerprint density at radius 3 is 0.825 bits per heavy atom. The average molecular weight is 1660 g/mol. The highest BCUT2D eigenvalue weighted by Crippen LogP contribution is 2.44. The molecule has 6 atom stereocenters. The molecule has 26 heteroatoms. The van der Waals surface area contributed by atoms with Crippen LogP contribution in [-0.4, -0.2) is 147 Å². The molecular formula is C88H168N4O20P2. The first-order chi connectivity index (χ1) is 55.2. The summed E-state index contributed by atoms with van der Waals surface area (Å²) in [6.45, 7) is 11.1. The van der Waals surface area contributed by atoms with Gasteiger partial charge in [0.25, 0.3) is 0 Å². The third-order valence-electron chi connectivity index (χ3n) is 20.5. The van der Waals surface area contributed by atoms with Crippen LogP contribution in [0.4, 0.5) is 0 Å². The highest BCUT2D eigenvalue weighted by molar-refractivity contribution is 7.47. The van der Waals surface area contributed by atoms with Gasteiger partial charge in [-0.2, -0.15) is 0 Å². The molecule has 4 amide bonds. The Morgan fingerprint density at radius 1 is 0.281 bits per heavy atom. The van der Waals surface area contributed by atoms with E-state index in [2.05, 4.69) is 62.8 Å². The van der Waals surface area contributed by atoms with Gasteiger partial charge in [0, 0.05) is 64.5 Å². The summed E-state index contributed by atoms with van der Waals surface area (Å²) >= 11 is 0. The monoisotopic (exact) mass is 1660 g/mol. The van der Waals surface area contributed by atoms with Gasteiger partial charge in [0.05, 0.1) is 77.8 Å². The van der Waals surface area contributed by atoms with Crippen molar-refractivity contribution in [2.75, 3.05) is 65.9 Å². The van der Waals surface area contributed by atoms with Gasteiger partial charge in [-0.25, -0.2) is 9.13 Å². The summed E-state index contributed by atoms with van der Waals surface area (Å²) in [5.41, 5.74) is 0. The number of carbonyl (C=O) groups excluding carboxylic acids is 8. The number of nitrogens with one attached hydrogen (secondary N) is 4. The smallest absolute Gasteiger partial charge is 0.462 e. The molecule has 0 aliphatic heterocycles. The van der Waals surface area contributed by atoms with E-state index in [1.807, 2.05) is 0 Å². The summed E-state index contributed by atoms with van der Waals surface area (Å²) in [4.78, 5) is 125. The molecule has 0 aromatic carbocycles. The van der Waals surface area contributed by atoms with Crippen molar-refractivity contribution in [1.29, 1.82) is 0 Å². The zero-order valence-corrected chi connectivity index (χ0v) is 74.7. The lowest BCUT2D eigenvalue weighted by atomic mass is 10.0. The van der Waals surface area contributed by atoms with Crippen molar-refractivity contribution in [2.45, 2.75) is 451 Å². The first-order valence-corrected chi connectivity index (χ1v) is 49.1. The number of hydrogen-bond acceptors (Lipinski definition) is 18. The van der Waals surface area contributed by atoms with Crippen molar-refractivity contribution in [3.63, 3.8) is 0 Å². The highest BCUT2D eigenvalue weighted by atomic mass is 31.2. The third kappa shape index (κ3) is 76.9. The van der Waals surface area contributed by atoms with Crippen LogP contribution in [0.5, 0.6) is 0 Å². The molecule has 0 fully saturated rings. The van der Waals surface area contributed by atoms with Crippen LogP contribution in [-0.2, 0) is 84.5 Å². The quantitative estimate of drug-likeness (QED) is 0.0143. The molecular weight excluding hydrogens is 1490 g/mol. The second kappa shape index (κ2) is 80.4. The molecule has 0 rings (SSSR count). The summed E-state index contributed by atoms with van der Waals surface area (Å²) in [6.07, 6.45) is 53.3. The zero-order valence-electron chi connectivity index (χ0n) is 72.9. The number of Topliss-reactive ketones (excluding diaryl/α,β-unsaturated/α-hetero) is 2. The molecule has 0 saturated carbocycles. The summed E-state index contributed by atoms with van der Waals surface area (Å²) in [6, 6.07) is -1.90. The Balaban J connectivity index is 5.45. The van der Waals surface area contributed by atoms with E-state index in [0.29, 0.717) is 64.2 Å². The fourth-order valence-corrected chi connectivity index (χ4v) is 15.1. The lowest BCUT2D eigenvalue weighted by Crippen LogP contribution is -2.42. The molecule has 4 unspecified atom stereocenters. The summed E-state index contributed by atoms with van der Waals surface area (Å²) in [5.74, 6) is -2.83. The van der Waals surface area contributed by atoms with E-state index in [1.54, 1.807) is 0 Å². The highest BCUT2D eigenvalue weighted by Gasteiger charge is 2.28. The minimum atomic E-state index is -4.74. The van der Waals surface area contributed by atoms with E-state index in [-0.39, 0.29) is 114 Å². The summed E-state index contributed by atoms with van der Waals surface area (Å²) in [5, 5.41) is 10.7. The normalized spacial score (nSPS) is 13.6. The van der Waals surface area contributed by atoms with E-state index < -0.39 is 77.8 Å². The standard InChI is InChI=1S/C88H168N4O20P2/c1-7-13-19-25-29-33-37-43-47-55-79(93)71-85(97)91-77(73-105-67-63-81(57-49-41-23-17-11-5)111-87(99)61-51-45-39-35-31-27-21-15-9-3)75-109-113(101,102)107-69-65-89-83(95)59-53-54-60-84(96)90-66-70-108-114(103,104)110-76-78(92-86(98)72-80(94)56-48-44-38-34-30-26-20-14-8-2)74-106-68-64-82(58-50-42-24-18-12-6)112-88(100)62-52-46-40-36-32-28-22-16-10-4/h77-78,81-82H,7-76H2,1-6H3,(H,89,95)(H,90,96)(H,91,97)(H,92,98)(H,101,102)(H,103,104)/t77?,78?,81-,82-/m1/s1. The van der Waals surface area contributed by atoms with Gasteiger partial charge in [-0.1, -0.05) is 298 Å². The number of unbranched alkanes of at least 4 members (excludes halogenated alkanes) is 41. The maximum atomic E-state index is 13.3. The van der Waals surface area contributed by atoms with Crippen LogP contribution in [0.1, 0.15) is 427 Å². The Kier molecular flexibility index (Phi) is 77.8.